The Kier molecular flexibility index (Phi) is 4.53. The number of hydrogen-bond donors (Lipinski definition) is 1. The molecule has 0 heterocycles. The molecule has 0 radical (unpaired) electrons. The van der Waals surface area contributed by atoms with Gasteiger partial charge >= 0.3 is 0 Å². The van der Waals surface area contributed by atoms with Crippen molar-refractivity contribution in [3.63, 3.8) is 0 Å². The van der Waals surface area contributed by atoms with Gasteiger partial charge in [-0.25, -0.2) is 0 Å². The van der Waals surface area contributed by atoms with Crippen LogP contribution in [-0.4, -0.2) is 17.9 Å². The minimum Gasteiger partial charge on any atom is -0.398 e. The molecule has 0 saturated heterocycles. The number of rotatable bonds is 3. The second-order valence-corrected chi connectivity index (χ2v) is 5.37. The molecule has 0 fully saturated rings. The van der Waals surface area contributed by atoms with Crippen LogP contribution in [0, 0.1) is 0 Å². The molecule has 2 aromatic rings. The van der Waals surface area contributed by atoms with Gasteiger partial charge in [-0.2, -0.15) is 0 Å². The van der Waals surface area contributed by atoms with Crippen LogP contribution in [0.25, 0.3) is 0 Å². The van der Waals surface area contributed by atoms with E-state index < -0.39 is 0 Å². The van der Waals surface area contributed by atoms with Crippen LogP contribution in [-0.2, 0) is 6.54 Å². The van der Waals surface area contributed by atoms with Crippen molar-refractivity contribution in [3.05, 3.63) is 63.6 Å². The number of nitrogens with zero attached hydrogens (tertiary/aromatic N) is 1. The van der Waals surface area contributed by atoms with Gasteiger partial charge in [-0.1, -0.05) is 35.3 Å². The minimum absolute atomic E-state index is 0.117. The zero-order valence-corrected chi connectivity index (χ0v) is 12.4. The molecule has 104 valence electrons. The van der Waals surface area contributed by atoms with E-state index in [1.165, 1.54) is 0 Å². The molecule has 1 amide bonds. The third kappa shape index (κ3) is 3.44. The number of carbonyl (C=O) groups excluding carboxylic acids is 1. The highest BCUT2D eigenvalue weighted by molar-refractivity contribution is 6.33. The number of amides is 1. The highest BCUT2D eigenvalue weighted by Crippen LogP contribution is 2.21. The van der Waals surface area contributed by atoms with Crippen LogP contribution in [0.15, 0.2) is 42.5 Å². The number of hydrogen-bond acceptors (Lipinski definition) is 2. The topological polar surface area (TPSA) is 46.3 Å². The third-order valence-corrected chi connectivity index (χ3v) is 3.48. The maximum atomic E-state index is 12.3. The van der Waals surface area contributed by atoms with Gasteiger partial charge in [-0.05, 0) is 35.9 Å². The Hall–Kier alpha value is -1.71. The lowest BCUT2D eigenvalue weighted by Gasteiger charge is -2.18. The van der Waals surface area contributed by atoms with Crippen molar-refractivity contribution in [2.75, 3.05) is 12.8 Å². The second-order valence-electron chi connectivity index (χ2n) is 4.53. The first-order chi connectivity index (χ1) is 9.47. The molecule has 0 unspecified atom stereocenters. The van der Waals surface area contributed by atoms with Gasteiger partial charge < -0.3 is 10.6 Å². The van der Waals surface area contributed by atoms with Crippen molar-refractivity contribution in [2.45, 2.75) is 6.54 Å². The Bertz CT molecular complexity index is 644. The van der Waals surface area contributed by atoms with E-state index in [0.717, 1.165) is 5.56 Å². The molecule has 0 spiro atoms. The van der Waals surface area contributed by atoms with Crippen molar-refractivity contribution in [1.29, 1.82) is 0 Å². The summed E-state index contributed by atoms with van der Waals surface area (Å²) in [6.07, 6.45) is 0. The fourth-order valence-electron chi connectivity index (χ4n) is 1.88. The van der Waals surface area contributed by atoms with E-state index in [0.29, 0.717) is 27.8 Å². The summed E-state index contributed by atoms with van der Waals surface area (Å²) in [5.41, 5.74) is 7.59. The highest BCUT2D eigenvalue weighted by atomic mass is 35.5. The van der Waals surface area contributed by atoms with Gasteiger partial charge in [0.05, 0.1) is 10.7 Å². The molecule has 3 nitrogen and oxygen atoms in total. The zero-order valence-electron chi connectivity index (χ0n) is 10.9. The Labute approximate surface area is 127 Å². The standard InChI is InChI=1S/C15H14Cl2N2O/c1-19(9-10-3-2-4-12(16)7-10)15(20)11-5-6-13(17)14(18)8-11/h2-8H,9,18H2,1H3. The molecular weight excluding hydrogens is 295 g/mol. The van der Waals surface area contributed by atoms with E-state index in [1.807, 2.05) is 18.2 Å². The summed E-state index contributed by atoms with van der Waals surface area (Å²) in [5.74, 6) is -0.117. The lowest BCUT2D eigenvalue weighted by Crippen LogP contribution is -2.26. The summed E-state index contributed by atoms with van der Waals surface area (Å²) in [6, 6.07) is 12.3. The highest BCUT2D eigenvalue weighted by Gasteiger charge is 2.13. The van der Waals surface area contributed by atoms with E-state index in [2.05, 4.69) is 0 Å². The molecule has 0 aliphatic carbocycles. The smallest absolute Gasteiger partial charge is 0.253 e. The summed E-state index contributed by atoms with van der Waals surface area (Å²) >= 11 is 11.8. The van der Waals surface area contributed by atoms with Crippen LogP contribution in [0.4, 0.5) is 5.69 Å². The largest absolute Gasteiger partial charge is 0.398 e. The second kappa shape index (κ2) is 6.16. The van der Waals surface area contributed by atoms with Crippen LogP contribution in [0.5, 0.6) is 0 Å². The molecule has 0 aliphatic heterocycles. The SMILES string of the molecule is CN(Cc1cccc(Cl)c1)C(=O)c1ccc(Cl)c(N)c1. The van der Waals surface area contributed by atoms with Crippen molar-refractivity contribution in [2.24, 2.45) is 0 Å². The van der Waals surface area contributed by atoms with Gasteiger partial charge in [0.1, 0.15) is 0 Å². The van der Waals surface area contributed by atoms with E-state index in [-0.39, 0.29) is 5.91 Å². The van der Waals surface area contributed by atoms with Crippen molar-refractivity contribution < 1.29 is 4.79 Å². The van der Waals surface area contributed by atoms with Gasteiger partial charge in [-0.3, -0.25) is 4.79 Å². The third-order valence-electron chi connectivity index (χ3n) is 2.90. The van der Waals surface area contributed by atoms with Gasteiger partial charge in [0, 0.05) is 24.2 Å². The van der Waals surface area contributed by atoms with Crippen molar-refractivity contribution >= 4 is 34.8 Å². The van der Waals surface area contributed by atoms with Crippen molar-refractivity contribution in [3.8, 4) is 0 Å². The minimum atomic E-state index is -0.117. The first kappa shape index (κ1) is 14.7. The van der Waals surface area contributed by atoms with Gasteiger partial charge in [-0.15, -0.1) is 0 Å². The number of nitrogen functional groups attached to an aromatic ring is 1. The fourth-order valence-corrected chi connectivity index (χ4v) is 2.21. The lowest BCUT2D eigenvalue weighted by atomic mass is 10.1. The van der Waals surface area contributed by atoms with E-state index in [4.69, 9.17) is 28.9 Å². The summed E-state index contributed by atoms with van der Waals surface area (Å²) in [7, 11) is 1.73. The molecular formula is C15H14Cl2N2O. The number of anilines is 1. The summed E-state index contributed by atoms with van der Waals surface area (Å²) in [6.45, 7) is 0.474. The fraction of sp³-hybridized carbons (Fsp3) is 0.133. The summed E-state index contributed by atoms with van der Waals surface area (Å²) < 4.78 is 0. The van der Waals surface area contributed by atoms with Crippen LogP contribution in [0.3, 0.4) is 0 Å². The Balaban J connectivity index is 2.14. The Morgan fingerprint density at radius 2 is 1.95 bits per heavy atom. The normalized spacial score (nSPS) is 10.3. The quantitative estimate of drug-likeness (QED) is 0.875. The number of benzene rings is 2. The first-order valence-corrected chi connectivity index (χ1v) is 6.78. The molecule has 0 aliphatic rings. The first-order valence-electron chi connectivity index (χ1n) is 6.02. The molecule has 2 rings (SSSR count). The predicted octanol–water partition coefficient (Wildman–Crippen LogP) is 3.85. The molecule has 20 heavy (non-hydrogen) atoms. The van der Waals surface area contributed by atoms with Gasteiger partial charge in [0.15, 0.2) is 0 Å². The molecule has 5 heteroatoms. The number of nitrogens with two attached hydrogens (primary N) is 1. The van der Waals surface area contributed by atoms with Crippen LogP contribution >= 0.6 is 23.2 Å². The van der Waals surface area contributed by atoms with Gasteiger partial charge in [0.2, 0.25) is 0 Å². The average molecular weight is 309 g/mol. The van der Waals surface area contributed by atoms with Crippen LogP contribution in [0.2, 0.25) is 10.0 Å². The molecule has 0 atom stereocenters. The molecule has 0 bridgehead atoms. The summed E-state index contributed by atoms with van der Waals surface area (Å²) in [5, 5.41) is 1.10. The molecule has 2 N–H and O–H groups in total. The van der Waals surface area contributed by atoms with Crippen molar-refractivity contribution in [1.82, 2.24) is 4.90 Å². The molecule has 0 aromatic heterocycles. The monoisotopic (exact) mass is 308 g/mol. The van der Waals surface area contributed by atoms with E-state index in [1.54, 1.807) is 36.2 Å². The average Bonchev–Trinajstić information content (AvgIpc) is 2.41. The number of halogens is 2. The maximum absolute atomic E-state index is 12.3. The Morgan fingerprint density at radius 3 is 2.60 bits per heavy atom. The predicted molar refractivity (Wildman–Crippen MR) is 83.1 cm³/mol. The van der Waals surface area contributed by atoms with Crippen LogP contribution < -0.4 is 5.73 Å². The maximum Gasteiger partial charge on any atom is 0.253 e. The van der Waals surface area contributed by atoms with Gasteiger partial charge in [0.25, 0.3) is 5.91 Å². The van der Waals surface area contributed by atoms with Crippen LogP contribution in [0.1, 0.15) is 15.9 Å². The lowest BCUT2D eigenvalue weighted by molar-refractivity contribution is 0.0785. The molecule has 0 saturated carbocycles. The van der Waals surface area contributed by atoms with E-state index >= 15 is 0 Å². The Morgan fingerprint density at radius 1 is 1.20 bits per heavy atom. The van der Waals surface area contributed by atoms with E-state index in [9.17, 15) is 4.79 Å². The zero-order chi connectivity index (χ0) is 14.7. The summed E-state index contributed by atoms with van der Waals surface area (Å²) in [4.78, 5) is 13.9. The molecule has 2 aromatic carbocycles. The number of carbonyl (C=O) groups is 1.